The lowest BCUT2D eigenvalue weighted by atomic mass is 9.96. The first-order valence-electron chi connectivity index (χ1n) is 7.05. The minimum atomic E-state index is 0. The Bertz CT molecular complexity index is 692. The van der Waals surface area contributed by atoms with Gasteiger partial charge in [-0.25, -0.2) is 0 Å². The van der Waals surface area contributed by atoms with Crippen LogP contribution in [0.4, 0.5) is 0 Å². The third-order valence-corrected chi connectivity index (χ3v) is 3.67. The maximum Gasteiger partial charge on any atom is 0.0890 e. The van der Waals surface area contributed by atoms with Gasteiger partial charge < -0.3 is 5.32 Å². The van der Waals surface area contributed by atoms with Gasteiger partial charge in [-0.2, -0.15) is 0 Å². The first kappa shape index (κ1) is 15.2. The standard InChI is InChI=1S/C17H19N3.CH4.H2/c1-12-3-5-15(13(2)9-12)20-11-14-4-6-16-17(10-14)19-8-7-18-16;;/h4-10,12,20H,3,11H2,1-2H3;1H4;1H. The molecule has 1 aliphatic rings. The first-order valence-corrected chi connectivity index (χ1v) is 7.05. The predicted octanol–water partition coefficient (Wildman–Crippen LogP) is 4.47. The van der Waals surface area contributed by atoms with Crippen molar-refractivity contribution in [3.8, 4) is 0 Å². The monoisotopic (exact) mass is 283 g/mol. The smallest absolute Gasteiger partial charge is 0.0890 e. The molecule has 3 nitrogen and oxygen atoms in total. The van der Waals surface area contributed by atoms with Gasteiger partial charge in [-0.15, -0.1) is 0 Å². The molecule has 2 aromatic rings. The van der Waals surface area contributed by atoms with Gasteiger partial charge in [-0.1, -0.05) is 32.6 Å². The van der Waals surface area contributed by atoms with Gasteiger partial charge >= 0.3 is 0 Å². The Morgan fingerprint density at radius 3 is 2.76 bits per heavy atom. The molecule has 112 valence electrons. The van der Waals surface area contributed by atoms with Gasteiger partial charge in [0.2, 0.25) is 0 Å². The van der Waals surface area contributed by atoms with Crippen molar-refractivity contribution in [2.24, 2.45) is 5.92 Å². The molecule has 1 aliphatic carbocycles. The lowest BCUT2D eigenvalue weighted by molar-refractivity contribution is 0.696. The van der Waals surface area contributed by atoms with Crippen molar-refractivity contribution in [3.63, 3.8) is 0 Å². The number of allylic oxidation sites excluding steroid dienone is 3. The topological polar surface area (TPSA) is 37.8 Å². The van der Waals surface area contributed by atoms with E-state index in [1.54, 1.807) is 12.4 Å². The highest BCUT2D eigenvalue weighted by molar-refractivity contribution is 5.74. The molecule has 0 radical (unpaired) electrons. The van der Waals surface area contributed by atoms with Gasteiger partial charge in [0.05, 0.1) is 11.0 Å². The average Bonchev–Trinajstić information content (AvgIpc) is 2.46. The van der Waals surface area contributed by atoms with Crippen LogP contribution in [-0.4, -0.2) is 9.97 Å². The van der Waals surface area contributed by atoms with E-state index in [2.05, 4.69) is 53.4 Å². The normalized spacial score (nSPS) is 17.7. The van der Waals surface area contributed by atoms with Crippen molar-refractivity contribution in [1.82, 2.24) is 15.3 Å². The summed E-state index contributed by atoms with van der Waals surface area (Å²) in [5.74, 6) is 0.650. The number of nitrogens with one attached hydrogen (secondary N) is 1. The average molecular weight is 283 g/mol. The SMILES string of the molecule is C.CC1=CC(C)CC=C1NCc1ccc2nccnc2c1.[HH]. The highest BCUT2D eigenvalue weighted by Crippen LogP contribution is 2.21. The Hall–Kier alpha value is -2.16. The predicted molar refractivity (Wildman–Crippen MR) is 90.8 cm³/mol. The molecule has 1 N–H and O–H groups in total. The fraction of sp³-hybridized carbons (Fsp3) is 0.333. The molecule has 0 amide bonds. The fourth-order valence-corrected chi connectivity index (χ4v) is 2.58. The summed E-state index contributed by atoms with van der Waals surface area (Å²) in [7, 11) is 0. The Morgan fingerprint density at radius 1 is 1.24 bits per heavy atom. The van der Waals surface area contributed by atoms with Crippen LogP contribution in [0, 0.1) is 5.92 Å². The Balaban J connectivity index is 0.00000121. The number of hydrogen-bond donors (Lipinski definition) is 1. The molecule has 0 aliphatic heterocycles. The third kappa shape index (κ3) is 3.48. The number of benzene rings is 1. The van der Waals surface area contributed by atoms with Gasteiger partial charge in [-0.05, 0) is 42.5 Å². The van der Waals surface area contributed by atoms with Crippen LogP contribution in [0.3, 0.4) is 0 Å². The number of nitrogens with zero attached hydrogens (tertiary/aromatic N) is 2. The summed E-state index contributed by atoms with van der Waals surface area (Å²) in [5.41, 5.74) is 5.71. The summed E-state index contributed by atoms with van der Waals surface area (Å²) >= 11 is 0. The molecule has 21 heavy (non-hydrogen) atoms. The van der Waals surface area contributed by atoms with Crippen molar-refractivity contribution in [1.29, 1.82) is 0 Å². The second-order valence-electron chi connectivity index (χ2n) is 5.41. The minimum absolute atomic E-state index is 0. The quantitative estimate of drug-likeness (QED) is 0.903. The zero-order valence-corrected chi connectivity index (χ0v) is 11.9. The van der Waals surface area contributed by atoms with Crippen LogP contribution >= 0.6 is 0 Å². The van der Waals surface area contributed by atoms with Crippen LogP contribution in [0.1, 0.15) is 34.7 Å². The first-order chi connectivity index (χ1) is 9.72. The fourth-order valence-electron chi connectivity index (χ4n) is 2.58. The Kier molecular flexibility index (Phi) is 4.73. The van der Waals surface area contributed by atoms with Crippen molar-refractivity contribution >= 4 is 11.0 Å². The molecule has 1 aromatic heterocycles. The van der Waals surface area contributed by atoms with E-state index >= 15 is 0 Å². The van der Waals surface area contributed by atoms with Gasteiger partial charge in [0.15, 0.2) is 0 Å². The van der Waals surface area contributed by atoms with Gasteiger partial charge in [-0.3, -0.25) is 9.97 Å². The van der Waals surface area contributed by atoms with E-state index in [1.165, 1.54) is 16.8 Å². The van der Waals surface area contributed by atoms with Crippen LogP contribution in [-0.2, 0) is 6.54 Å². The maximum absolute atomic E-state index is 4.35. The summed E-state index contributed by atoms with van der Waals surface area (Å²) < 4.78 is 0. The van der Waals surface area contributed by atoms with E-state index < -0.39 is 0 Å². The summed E-state index contributed by atoms with van der Waals surface area (Å²) in [4.78, 5) is 8.63. The molecular formula is C18H25N3. The molecular weight excluding hydrogens is 258 g/mol. The van der Waals surface area contributed by atoms with E-state index in [4.69, 9.17) is 0 Å². The lowest BCUT2D eigenvalue weighted by Crippen LogP contribution is -2.16. The molecule has 0 bridgehead atoms. The lowest BCUT2D eigenvalue weighted by Gasteiger charge is -2.18. The molecule has 3 heteroatoms. The van der Waals surface area contributed by atoms with Gasteiger partial charge in [0.25, 0.3) is 0 Å². The summed E-state index contributed by atoms with van der Waals surface area (Å²) in [6.45, 7) is 5.23. The van der Waals surface area contributed by atoms with Crippen LogP contribution in [0.5, 0.6) is 0 Å². The van der Waals surface area contributed by atoms with E-state index in [0.717, 1.165) is 24.0 Å². The van der Waals surface area contributed by atoms with E-state index in [0.29, 0.717) is 5.92 Å². The summed E-state index contributed by atoms with van der Waals surface area (Å²) in [5, 5.41) is 3.52. The Morgan fingerprint density at radius 2 is 2.00 bits per heavy atom. The summed E-state index contributed by atoms with van der Waals surface area (Å²) in [6.07, 6.45) is 9.19. The molecule has 1 unspecified atom stereocenters. The Labute approximate surface area is 128 Å². The van der Waals surface area contributed by atoms with Crippen LogP contribution in [0.2, 0.25) is 0 Å². The van der Waals surface area contributed by atoms with E-state index in [1.807, 2.05) is 6.07 Å². The molecule has 0 saturated carbocycles. The number of hydrogen-bond acceptors (Lipinski definition) is 3. The van der Waals surface area contributed by atoms with Crippen molar-refractivity contribution in [3.05, 3.63) is 59.6 Å². The minimum Gasteiger partial charge on any atom is -0.381 e. The number of rotatable bonds is 3. The van der Waals surface area contributed by atoms with Crippen LogP contribution in [0.15, 0.2) is 54.0 Å². The van der Waals surface area contributed by atoms with Gasteiger partial charge in [0, 0.05) is 26.1 Å². The zero-order chi connectivity index (χ0) is 13.9. The van der Waals surface area contributed by atoms with Crippen molar-refractivity contribution in [2.75, 3.05) is 0 Å². The molecule has 1 heterocycles. The van der Waals surface area contributed by atoms with E-state index in [-0.39, 0.29) is 8.85 Å². The summed E-state index contributed by atoms with van der Waals surface area (Å²) in [6, 6.07) is 6.23. The second kappa shape index (κ2) is 6.53. The van der Waals surface area contributed by atoms with Crippen LogP contribution < -0.4 is 5.32 Å². The van der Waals surface area contributed by atoms with Gasteiger partial charge in [0.1, 0.15) is 0 Å². The number of aromatic nitrogens is 2. The molecule has 0 saturated heterocycles. The van der Waals surface area contributed by atoms with E-state index in [9.17, 15) is 0 Å². The highest BCUT2D eigenvalue weighted by Gasteiger charge is 2.09. The molecule has 3 rings (SSSR count). The highest BCUT2D eigenvalue weighted by atomic mass is 14.9. The van der Waals surface area contributed by atoms with Crippen molar-refractivity contribution in [2.45, 2.75) is 34.2 Å². The molecule has 0 fully saturated rings. The molecule has 1 atom stereocenters. The second-order valence-corrected chi connectivity index (χ2v) is 5.41. The molecule has 0 spiro atoms. The maximum atomic E-state index is 4.35. The number of fused-ring (bicyclic) bond motifs is 1. The van der Waals surface area contributed by atoms with Crippen LogP contribution in [0.25, 0.3) is 11.0 Å². The van der Waals surface area contributed by atoms with Crippen molar-refractivity contribution < 1.29 is 1.43 Å². The largest absolute Gasteiger partial charge is 0.381 e. The third-order valence-electron chi connectivity index (χ3n) is 3.67. The zero-order valence-electron chi connectivity index (χ0n) is 11.9. The molecule has 1 aromatic carbocycles.